The lowest BCUT2D eigenvalue weighted by atomic mass is 10.1. The number of carbonyl (C=O) groups excluding carboxylic acids is 2. The molecule has 19 heavy (non-hydrogen) atoms. The first-order valence-electron chi connectivity index (χ1n) is 6.09. The molecule has 1 rings (SSSR count). The summed E-state index contributed by atoms with van der Waals surface area (Å²) in [5.41, 5.74) is 6.42. The van der Waals surface area contributed by atoms with Crippen LogP contribution >= 0.6 is 0 Å². The van der Waals surface area contributed by atoms with Gasteiger partial charge in [-0.1, -0.05) is 0 Å². The van der Waals surface area contributed by atoms with Crippen molar-refractivity contribution in [3.63, 3.8) is 0 Å². The van der Waals surface area contributed by atoms with E-state index < -0.39 is 5.54 Å². The fraction of sp³-hybridized carbons (Fsp3) is 0.429. The van der Waals surface area contributed by atoms with E-state index in [0.717, 1.165) is 0 Å². The minimum atomic E-state index is -0.448. The summed E-state index contributed by atoms with van der Waals surface area (Å²) in [5, 5.41) is 2.75. The van der Waals surface area contributed by atoms with Gasteiger partial charge in [0.25, 0.3) is 11.8 Å². The second kappa shape index (κ2) is 5.84. The fourth-order valence-electron chi connectivity index (χ4n) is 1.43. The molecule has 3 N–H and O–H groups in total. The van der Waals surface area contributed by atoms with E-state index in [1.165, 1.54) is 4.90 Å². The molecule has 0 bridgehead atoms. The number of hydrogen-bond donors (Lipinski definition) is 2. The predicted octanol–water partition coefficient (Wildman–Crippen LogP) is 0.855. The van der Waals surface area contributed by atoms with Crippen LogP contribution in [0.25, 0.3) is 0 Å². The summed E-state index contributed by atoms with van der Waals surface area (Å²) in [7, 11) is 3.37. The van der Waals surface area contributed by atoms with Crippen LogP contribution in [0, 0.1) is 0 Å². The van der Waals surface area contributed by atoms with Gasteiger partial charge in [-0.2, -0.15) is 0 Å². The lowest BCUT2D eigenvalue weighted by Crippen LogP contribution is -2.45. The van der Waals surface area contributed by atoms with Gasteiger partial charge in [0.2, 0.25) is 0 Å². The Morgan fingerprint density at radius 2 is 1.63 bits per heavy atom. The number of benzene rings is 1. The Balaban J connectivity index is 2.71. The number of nitrogens with zero attached hydrogens (tertiary/aromatic N) is 1. The molecule has 0 aliphatic heterocycles. The Kier molecular flexibility index (Phi) is 4.67. The molecule has 0 fully saturated rings. The van der Waals surface area contributed by atoms with Crippen LogP contribution in [0.2, 0.25) is 0 Å². The van der Waals surface area contributed by atoms with Gasteiger partial charge in [0, 0.05) is 37.3 Å². The zero-order valence-electron chi connectivity index (χ0n) is 11.9. The van der Waals surface area contributed by atoms with Crippen molar-refractivity contribution >= 4 is 11.8 Å². The molecular weight excluding hydrogens is 242 g/mol. The van der Waals surface area contributed by atoms with Gasteiger partial charge < -0.3 is 16.0 Å². The maximum absolute atomic E-state index is 11.8. The van der Waals surface area contributed by atoms with Crippen LogP contribution < -0.4 is 11.1 Å². The summed E-state index contributed by atoms with van der Waals surface area (Å²) in [6.07, 6.45) is 0. The van der Waals surface area contributed by atoms with Crippen molar-refractivity contribution in [3.8, 4) is 0 Å². The molecular formula is C14H21N3O2. The number of rotatable bonds is 4. The largest absolute Gasteiger partial charge is 0.350 e. The molecule has 1 aromatic carbocycles. The monoisotopic (exact) mass is 263 g/mol. The highest BCUT2D eigenvalue weighted by molar-refractivity contribution is 5.97. The molecule has 0 atom stereocenters. The molecule has 2 amide bonds. The first-order chi connectivity index (χ1) is 8.70. The quantitative estimate of drug-likeness (QED) is 0.846. The molecule has 0 spiro atoms. The minimum Gasteiger partial charge on any atom is -0.350 e. The molecule has 0 aliphatic rings. The van der Waals surface area contributed by atoms with Gasteiger partial charge >= 0.3 is 0 Å². The first-order valence-corrected chi connectivity index (χ1v) is 6.09. The summed E-state index contributed by atoms with van der Waals surface area (Å²) in [6, 6.07) is 6.56. The predicted molar refractivity (Wildman–Crippen MR) is 75.1 cm³/mol. The molecule has 1 aromatic rings. The van der Waals surface area contributed by atoms with Gasteiger partial charge in [-0.05, 0) is 38.1 Å². The Labute approximate surface area is 113 Å². The average Bonchev–Trinajstić information content (AvgIpc) is 2.34. The van der Waals surface area contributed by atoms with Gasteiger partial charge in [0.15, 0.2) is 0 Å². The van der Waals surface area contributed by atoms with Crippen LogP contribution in [0.5, 0.6) is 0 Å². The van der Waals surface area contributed by atoms with Crippen molar-refractivity contribution in [3.05, 3.63) is 35.4 Å². The van der Waals surface area contributed by atoms with E-state index in [2.05, 4.69) is 5.32 Å². The Morgan fingerprint density at radius 1 is 1.16 bits per heavy atom. The Morgan fingerprint density at radius 3 is 2.05 bits per heavy atom. The molecule has 104 valence electrons. The van der Waals surface area contributed by atoms with E-state index in [0.29, 0.717) is 17.7 Å². The Hall–Kier alpha value is -1.88. The fourth-order valence-corrected chi connectivity index (χ4v) is 1.43. The van der Waals surface area contributed by atoms with E-state index in [1.54, 1.807) is 38.4 Å². The molecule has 0 saturated heterocycles. The molecule has 0 aliphatic carbocycles. The maximum atomic E-state index is 11.8. The van der Waals surface area contributed by atoms with Crippen molar-refractivity contribution in [2.45, 2.75) is 19.4 Å². The zero-order valence-corrected chi connectivity index (χ0v) is 11.9. The molecule has 0 unspecified atom stereocenters. The second-order valence-electron chi connectivity index (χ2n) is 5.45. The lowest BCUT2D eigenvalue weighted by Gasteiger charge is -2.19. The number of carbonyl (C=O) groups is 2. The second-order valence-corrected chi connectivity index (χ2v) is 5.45. The zero-order chi connectivity index (χ0) is 14.6. The highest BCUT2D eigenvalue weighted by atomic mass is 16.2. The number of amides is 2. The molecule has 0 heterocycles. The molecule has 0 aromatic heterocycles. The standard InChI is InChI=1S/C14H21N3O2/c1-14(2,15)9-16-12(18)10-5-7-11(8-6-10)13(19)17(3)4/h5-8H,9,15H2,1-4H3,(H,16,18). The van der Waals surface area contributed by atoms with Crippen molar-refractivity contribution < 1.29 is 9.59 Å². The van der Waals surface area contributed by atoms with Gasteiger partial charge in [-0.15, -0.1) is 0 Å². The maximum Gasteiger partial charge on any atom is 0.253 e. The van der Waals surface area contributed by atoms with Crippen LogP contribution in [-0.4, -0.2) is 42.9 Å². The SMILES string of the molecule is CN(C)C(=O)c1ccc(C(=O)NCC(C)(C)N)cc1. The van der Waals surface area contributed by atoms with Gasteiger partial charge in [0.1, 0.15) is 0 Å². The van der Waals surface area contributed by atoms with Crippen molar-refractivity contribution in [2.24, 2.45) is 5.73 Å². The third-order valence-electron chi connectivity index (χ3n) is 2.50. The first kappa shape index (κ1) is 15.2. The molecule has 0 radical (unpaired) electrons. The third-order valence-corrected chi connectivity index (χ3v) is 2.50. The number of hydrogen-bond acceptors (Lipinski definition) is 3. The van der Waals surface area contributed by atoms with Crippen LogP contribution in [0.15, 0.2) is 24.3 Å². The summed E-state index contributed by atoms with van der Waals surface area (Å²) in [6.45, 7) is 4.07. The summed E-state index contributed by atoms with van der Waals surface area (Å²) < 4.78 is 0. The summed E-state index contributed by atoms with van der Waals surface area (Å²) in [5.74, 6) is -0.280. The smallest absolute Gasteiger partial charge is 0.253 e. The van der Waals surface area contributed by atoms with E-state index >= 15 is 0 Å². The van der Waals surface area contributed by atoms with E-state index in [9.17, 15) is 9.59 Å². The molecule has 5 heteroatoms. The number of nitrogens with two attached hydrogens (primary N) is 1. The van der Waals surface area contributed by atoms with Gasteiger partial charge in [-0.3, -0.25) is 9.59 Å². The van der Waals surface area contributed by atoms with Crippen molar-refractivity contribution in [2.75, 3.05) is 20.6 Å². The van der Waals surface area contributed by atoms with Crippen LogP contribution in [0.4, 0.5) is 0 Å². The molecule has 5 nitrogen and oxygen atoms in total. The van der Waals surface area contributed by atoms with Crippen LogP contribution in [0.1, 0.15) is 34.6 Å². The van der Waals surface area contributed by atoms with Crippen LogP contribution in [0.3, 0.4) is 0 Å². The van der Waals surface area contributed by atoms with E-state index in [-0.39, 0.29) is 11.8 Å². The highest BCUT2D eigenvalue weighted by Crippen LogP contribution is 2.06. The lowest BCUT2D eigenvalue weighted by molar-refractivity contribution is 0.0826. The topological polar surface area (TPSA) is 75.4 Å². The van der Waals surface area contributed by atoms with Gasteiger partial charge in [0.05, 0.1) is 0 Å². The summed E-state index contributed by atoms with van der Waals surface area (Å²) >= 11 is 0. The highest BCUT2D eigenvalue weighted by Gasteiger charge is 2.14. The number of nitrogens with one attached hydrogen (secondary N) is 1. The van der Waals surface area contributed by atoms with Gasteiger partial charge in [-0.25, -0.2) is 0 Å². The molecule has 0 saturated carbocycles. The van der Waals surface area contributed by atoms with Crippen molar-refractivity contribution in [1.82, 2.24) is 10.2 Å². The minimum absolute atomic E-state index is 0.0879. The Bertz CT molecular complexity index is 459. The van der Waals surface area contributed by atoms with E-state index in [1.807, 2.05) is 13.8 Å². The normalized spacial score (nSPS) is 11.0. The van der Waals surface area contributed by atoms with Crippen LogP contribution in [-0.2, 0) is 0 Å². The third kappa shape index (κ3) is 4.71. The van der Waals surface area contributed by atoms with E-state index in [4.69, 9.17) is 5.73 Å². The average molecular weight is 263 g/mol. The summed E-state index contributed by atoms with van der Waals surface area (Å²) in [4.78, 5) is 25.0. The van der Waals surface area contributed by atoms with Crippen molar-refractivity contribution in [1.29, 1.82) is 0 Å².